The number of pyridine rings is 1. The van der Waals surface area contributed by atoms with Crippen LogP contribution in [0.5, 0.6) is 0 Å². The highest BCUT2D eigenvalue weighted by Crippen LogP contribution is 2.26. The molecule has 0 saturated carbocycles. The van der Waals surface area contributed by atoms with E-state index in [1.54, 1.807) is 24.5 Å². The third kappa shape index (κ3) is 2.91. The number of hydrogen-bond acceptors (Lipinski definition) is 2. The number of benzene rings is 1. The zero-order valence-corrected chi connectivity index (χ0v) is 9.51. The van der Waals surface area contributed by atoms with Crippen molar-refractivity contribution in [2.45, 2.75) is 6.54 Å². The molecule has 0 atom stereocenters. The molecule has 0 aliphatic heterocycles. The van der Waals surface area contributed by atoms with E-state index in [0.717, 1.165) is 17.7 Å². The lowest BCUT2D eigenvalue weighted by atomic mass is 10.2. The predicted octanol–water partition coefficient (Wildman–Crippen LogP) is 3.63. The minimum atomic E-state index is -0.705. The third-order valence-electron chi connectivity index (χ3n) is 2.23. The molecule has 5 heteroatoms. The van der Waals surface area contributed by atoms with E-state index in [-0.39, 0.29) is 10.7 Å². The maximum atomic E-state index is 13.4. The number of nitrogens with one attached hydrogen (secondary N) is 1. The molecule has 1 aromatic carbocycles. The topological polar surface area (TPSA) is 24.9 Å². The molecule has 0 fully saturated rings. The Labute approximate surface area is 102 Å². The Hall–Kier alpha value is -1.68. The summed E-state index contributed by atoms with van der Waals surface area (Å²) in [6.07, 6.45) is 3.28. The van der Waals surface area contributed by atoms with Crippen LogP contribution >= 0.6 is 11.6 Å². The molecule has 2 rings (SSSR count). The van der Waals surface area contributed by atoms with Crippen molar-refractivity contribution in [3.05, 3.63) is 58.9 Å². The predicted molar refractivity (Wildman–Crippen MR) is 62.9 cm³/mol. The van der Waals surface area contributed by atoms with Crippen LogP contribution in [-0.2, 0) is 6.54 Å². The van der Waals surface area contributed by atoms with Gasteiger partial charge in [-0.05, 0) is 23.8 Å². The minimum absolute atomic E-state index is 0.0246. The van der Waals surface area contributed by atoms with Crippen LogP contribution in [0.3, 0.4) is 0 Å². The van der Waals surface area contributed by atoms with E-state index in [9.17, 15) is 8.78 Å². The Morgan fingerprint density at radius 2 is 1.88 bits per heavy atom. The van der Waals surface area contributed by atoms with Crippen molar-refractivity contribution in [1.29, 1.82) is 0 Å². The zero-order valence-electron chi connectivity index (χ0n) is 8.75. The lowest BCUT2D eigenvalue weighted by molar-refractivity contribution is 0.585. The maximum Gasteiger partial charge on any atom is 0.150 e. The van der Waals surface area contributed by atoms with Crippen LogP contribution in [0.1, 0.15) is 5.56 Å². The summed E-state index contributed by atoms with van der Waals surface area (Å²) < 4.78 is 26.2. The molecule has 0 radical (unpaired) electrons. The fourth-order valence-electron chi connectivity index (χ4n) is 1.40. The van der Waals surface area contributed by atoms with E-state index in [4.69, 9.17) is 11.6 Å². The number of hydrogen-bond donors (Lipinski definition) is 1. The molecule has 1 aromatic heterocycles. The van der Waals surface area contributed by atoms with Gasteiger partial charge in [0.25, 0.3) is 0 Å². The molecule has 0 saturated heterocycles. The highest BCUT2D eigenvalue weighted by molar-refractivity contribution is 6.33. The van der Waals surface area contributed by atoms with Crippen LogP contribution in [0.4, 0.5) is 14.5 Å². The van der Waals surface area contributed by atoms with Crippen molar-refractivity contribution >= 4 is 17.3 Å². The second-order valence-corrected chi connectivity index (χ2v) is 3.86. The average Bonchev–Trinajstić information content (AvgIpc) is 2.29. The Bertz CT molecular complexity index is 494. The fourth-order valence-corrected chi connectivity index (χ4v) is 1.66. The van der Waals surface area contributed by atoms with E-state index < -0.39 is 11.6 Å². The van der Waals surface area contributed by atoms with Crippen LogP contribution in [-0.4, -0.2) is 4.98 Å². The van der Waals surface area contributed by atoms with Crippen molar-refractivity contribution < 1.29 is 8.78 Å². The van der Waals surface area contributed by atoms with Gasteiger partial charge in [0.05, 0.1) is 10.7 Å². The normalized spacial score (nSPS) is 10.3. The quantitative estimate of drug-likeness (QED) is 0.905. The number of anilines is 1. The van der Waals surface area contributed by atoms with Crippen molar-refractivity contribution in [3.8, 4) is 0 Å². The molecule has 0 aliphatic rings. The lowest BCUT2D eigenvalue weighted by Gasteiger charge is -2.09. The van der Waals surface area contributed by atoms with Crippen molar-refractivity contribution in [2.75, 3.05) is 5.32 Å². The Morgan fingerprint density at radius 1 is 1.18 bits per heavy atom. The molecule has 0 aliphatic carbocycles. The third-order valence-corrected chi connectivity index (χ3v) is 2.52. The van der Waals surface area contributed by atoms with Crippen molar-refractivity contribution in [1.82, 2.24) is 4.98 Å². The van der Waals surface area contributed by atoms with E-state index in [1.165, 1.54) is 0 Å². The van der Waals surface area contributed by atoms with Gasteiger partial charge in [-0.15, -0.1) is 0 Å². The fraction of sp³-hybridized carbons (Fsp3) is 0.0833. The smallest absolute Gasteiger partial charge is 0.150 e. The molecule has 17 heavy (non-hydrogen) atoms. The molecular weight excluding hydrogens is 246 g/mol. The molecule has 0 spiro atoms. The molecule has 2 nitrogen and oxygen atoms in total. The van der Waals surface area contributed by atoms with Gasteiger partial charge in [0.2, 0.25) is 0 Å². The first-order valence-electron chi connectivity index (χ1n) is 4.94. The van der Waals surface area contributed by atoms with Crippen molar-refractivity contribution in [3.63, 3.8) is 0 Å². The average molecular weight is 255 g/mol. The summed E-state index contributed by atoms with van der Waals surface area (Å²) in [5.74, 6) is -1.40. The molecule has 1 N–H and O–H groups in total. The maximum absolute atomic E-state index is 13.4. The van der Waals surface area contributed by atoms with Gasteiger partial charge in [0, 0.05) is 25.0 Å². The Morgan fingerprint density at radius 3 is 2.53 bits per heavy atom. The number of nitrogens with zero attached hydrogens (tertiary/aromatic N) is 1. The summed E-state index contributed by atoms with van der Waals surface area (Å²) in [5.41, 5.74) is 1.03. The first-order valence-corrected chi connectivity index (χ1v) is 5.32. The summed E-state index contributed by atoms with van der Waals surface area (Å²) >= 11 is 5.75. The van der Waals surface area contributed by atoms with E-state index >= 15 is 0 Å². The zero-order chi connectivity index (χ0) is 12.3. The summed E-state index contributed by atoms with van der Waals surface area (Å²) in [6, 6.07) is 5.45. The van der Waals surface area contributed by atoms with Crippen LogP contribution in [0.15, 0.2) is 36.7 Å². The molecular formula is C12H9ClF2N2. The van der Waals surface area contributed by atoms with Crippen LogP contribution < -0.4 is 5.32 Å². The molecule has 0 bridgehead atoms. The molecule has 0 unspecified atom stereocenters. The van der Waals surface area contributed by atoms with Gasteiger partial charge >= 0.3 is 0 Å². The van der Waals surface area contributed by atoms with Crippen LogP contribution in [0.2, 0.25) is 5.02 Å². The molecule has 88 valence electrons. The Balaban J connectivity index is 2.15. The van der Waals surface area contributed by atoms with Crippen molar-refractivity contribution in [2.24, 2.45) is 0 Å². The summed E-state index contributed by atoms with van der Waals surface area (Å²) in [5, 5.41) is 2.85. The first-order chi connectivity index (χ1) is 8.16. The Kier molecular flexibility index (Phi) is 3.54. The van der Waals surface area contributed by atoms with E-state index in [1.807, 2.05) is 0 Å². The monoisotopic (exact) mass is 254 g/mol. The van der Waals surface area contributed by atoms with Gasteiger partial charge < -0.3 is 5.32 Å². The molecule has 1 heterocycles. The van der Waals surface area contributed by atoms with Gasteiger partial charge in [0.1, 0.15) is 5.82 Å². The van der Waals surface area contributed by atoms with Crippen LogP contribution in [0.25, 0.3) is 0 Å². The molecule has 2 aromatic rings. The summed E-state index contributed by atoms with van der Waals surface area (Å²) in [6.45, 7) is 0.394. The second kappa shape index (κ2) is 5.10. The summed E-state index contributed by atoms with van der Waals surface area (Å²) in [4.78, 5) is 3.87. The van der Waals surface area contributed by atoms with E-state index in [2.05, 4.69) is 10.3 Å². The standard InChI is InChI=1S/C12H9ClF2N2/c13-10-5-9(14)6-11(15)12(10)17-7-8-1-3-16-4-2-8/h1-6,17H,7H2. The van der Waals surface area contributed by atoms with Gasteiger partial charge in [-0.3, -0.25) is 4.98 Å². The van der Waals surface area contributed by atoms with Gasteiger partial charge in [-0.25, -0.2) is 8.78 Å². The van der Waals surface area contributed by atoms with Crippen LogP contribution in [0, 0.1) is 11.6 Å². The lowest BCUT2D eigenvalue weighted by Crippen LogP contribution is -2.02. The highest BCUT2D eigenvalue weighted by Gasteiger charge is 2.09. The minimum Gasteiger partial charge on any atom is -0.377 e. The first kappa shape index (κ1) is 11.8. The highest BCUT2D eigenvalue weighted by atomic mass is 35.5. The van der Waals surface area contributed by atoms with E-state index in [0.29, 0.717) is 6.54 Å². The summed E-state index contributed by atoms with van der Waals surface area (Å²) in [7, 11) is 0. The SMILES string of the molecule is Fc1cc(F)c(NCc2ccncc2)c(Cl)c1. The van der Waals surface area contributed by atoms with Gasteiger partial charge in [-0.2, -0.15) is 0 Å². The number of rotatable bonds is 3. The van der Waals surface area contributed by atoms with Gasteiger partial charge in [0.15, 0.2) is 5.82 Å². The van der Waals surface area contributed by atoms with Gasteiger partial charge in [-0.1, -0.05) is 11.6 Å². The largest absolute Gasteiger partial charge is 0.377 e. The number of aromatic nitrogens is 1. The molecule has 0 amide bonds. The second-order valence-electron chi connectivity index (χ2n) is 3.45. The number of halogens is 3.